The molecule has 0 amide bonds. The molecule has 0 saturated heterocycles. The monoisotopic (exact) mass is 446 g/mol. The molecule has 4 rings (SSSR count). The Morgan fingerprint density at radius 3 is 2.16 bits per heavy atom. The molecule has 0 unspecified atom stereocenters. The van der Waals surface area contributed by atoms with Crippen molar-refractivity contribution in [2.75, 3.05) is 0 Å². The van der Waals surface area contributed by atoms with Crippen LogP contribution in [-0.4, -0.2) is 29.7 Å². The third kappa shape index (κ3) is 4.05. The first kappa shape index (κ1) is 21.5. The van der Waals surface area contributed by atoms with Crippen LogP contribution in [0.15, 0.2) is 55.0 Å². The molecule has 0 spiro atoms. The molecule has 164 valence electrons. The first-order valence-electron chi connectivity index (χ1n) is 9.31. The molecule has 0 aliphatic rings. The highest BCUT2D eigenvalue weighted by atomic mass is 19.4. The van der Waals surface area contributed by atoms with Gasteiger partial charge in [-0.1, -0.05) is 0 Å². The number of nitrogens with zero attached hydrogens (tertiary/aromatic N) is 6. The summed E-state index contributed by atoms with van der Waals surface area (Å²) < 4.78 is 66.9. The third-order valence-electron chi connectivity index (χ3n) is 4.84. The second-order valence-electron chi connectivity index (χ2n) is 7.40. The highest BCUT2D eigenvalue weighted by molar-refractivity contribution is 5.56. The number of aromatic nitrogens is 6. The summed E-state index contributed by atoms with van der Waals surface area (Å²) in [5.74, 6) is -1.51. The smallest absolute Gasteiger partial charge is 0.236 e. The summed E-state index contributed by atoms with van der Waals surface area (Å²) in [7, 11) is 0. The molecule has 0 saturated carbocycles. The largest absolute Gasteiger partial charge is 0.435 e. The van der Waals surface area contributed by atoms with Crippen molar-refractivity contribution in [3.8, 4) is 17.3 Å². The number of rotatable bonds is 4. The molecule has 1 aromatic carbocycles. The summed E-state index contributed by atoms with van der Waals surface area (Å²) in [5.41, 5.74) is -0.981. The van der Waals surface area contributed by atoms with Gasteiger partial charge in [0.25, 0.3) is 5.95 Å². The van der Waals surface area contributed by atoms with Crippen molar-refractivity contribution in [2.45, 2.75) is 25.4 Å². The highest BCUT2D eigenvalue weighted by Gasteiger charge is 2.34. The van der Waals surface area contributed by atoms with Crippen LogP contribution in [0, 0.1) is 11.6 Å². The minimum Gasteiger partial charge on any atom is -0.236 e. The average Bonchev–Trinajstić information content (AvgIpc) is 3.25. The maximum atomic E-state index is 14.2. The van der Waals surface area contributed by atoms with Gasteiger partial charge in [0, 0.05) is 30.1 Å². The molecule has 0 radical (unpaired) electrons. The lowest BCUT2D eigenvalue weighted by molar-refractivity contribution is -0.141. The van der Waals surface area contributed by atoms with E-state index < -0.39 is 28.9 Å². The topological polar surface area (TPSA) is 69.4 Å². The van der Waals surface area contributed by atoms with Crippen LogP contribution in [-0.2, 0) is 11.6 Å². The fourth-order valence-corrected chi connectivity index (χ4v) is 3.03. The average molecular weight is 446 g/mol. The molecular formula is C21H15F5N6. The van der Waals surface area contributed by atoms with E-state index in [0.29, 0.717) is 11.4 Å². The predicted octanol–water partition coefficient (Wildman–Crippen LogP) is 4.74. The number of hydrogen-bond acceptors (Lipinski definition) is 5. The van der Waals surface area contributed by atoms with Crippen molar-refractivity contribution < 1.29 is 22.0 Å². The Morgan fingerprint density at radius 2 is 1.50 bits per heavy atom. The maximum Gasteiger partial charge on any atom is 0.435 e. The van der Waals surface area contributed by atoms with Gasteiger partial charge in [0.1, 0.15) is 11.6 Å². The Kier molecular flexibility index (Phi) is 5.19. The van der Waals surface area contributed by atoms with Gasteiger partial charge < -0.3 is 0 Å². The van der Waals surface area contributed by atoms with Gasteiger partial charge in [-0.15, -0.1) is 0 Å². The van der Waals surface area contributed by atoms with E-state index in [9.17, 15) is 22.0 Å². The van der Waals surface area contributed by atoms with Gasteiger partial charge in [-0.05, 0) is 44.2 Å². The Balaban J connectivity index is 1.71. The molecule has 6 nitrogen and oxygen atoms in total. The van der Waals surface area contributed by atoms with Crippen molar-refractivity contribution in [3.63, 3.8) is 0 Å². The lowest BCUT2D eigenvalue weighted by Gasteiger charge is -2.24. The molecule has 0 atom stereocenters. The highest BCUT2D eigenvalue weighted by Crippen LogP contribution is 2.31. The Labute approximate surface area is 178 Å². The zero-order chi connectivity index (χ0) is 23.1. The summed E-state index contributed by atoms with van der Waals surface area (Å²) in [5, 5.41) is 3.49. The van der Waals surface area contributed by atoms with Crippen LogP contribution in [0.5, 0.6) is 0 Å². The van der Waals surface area contributed by atoms with Gasteiger partial charge >= 0.3 is 6.18 Å². The number of hydrogen-bond donors (Lipinski definition) is 0. The third-order valence-corrected chi connectivity index (χ3v) is 4.84. The van der Waals surface area contributed by atoms with Crippen molar-refractivity contribution >= 4 is 0 Å². The van der Waals surface area contributed by atoms with Crippen LogP contribution in [0.4, 0.5) is 22.0 Å². The lowest BCUT2D eigenvalue weighted by Crippen LogP contribution is -2.23. The molecule has 11 heteroatoms. The summed E-state index contributed by atoms with van der Waals surface area (Å²) in [6.07, 6.45) is -0.631. The van der Waals surface area contributed by atoms with E-state index in [1.54, 1.807) is 26.0 Å². The van der Waals surface area contributed by atoms with E-state index in [1.165, 1.54) is 18.5 Å². The zero-order valence-corrected chi connectivity index (χ0v) is 16.8. The molecule has 0 N–H and O–H groups in total. The number of halogens is 5. The molecule has 4 aromatic rings. The first-order chi connectivity index (χ1) is 15.1. The Hall–Kier alpha value is -3.76. The van der Waals surface area contributed by atoms with Gasteiger partial charge in [-0.3, -0.25) is 0 Å². The molecule has 32 heavy (non-hydrogen) atoms. The van der Waals surface area contributed by atoms with Gasteiger partial charge in [0.2, 0.25) is 0 Å². The summed E-state index contributed by atoms with van der Waals surface area (Å²) >= 11 is 0. The van der Waals surface area contributed by atoms with E-state index in [0.717, 1.165) is 29.1 Å². The summed E-state index contributed by atoms with van der Waals surface area (Å²) in [4.78, 5) is 16.8. The first-order valence-corrected chi connectivity index (χ1v) is 9.31. The minimum atomic E-state index is -4.59. The fraction of sp³-hybridized carbons (Fsp3) is 0.190. The normalized spacial score (nSPS) is 12.2. The molecule has 0 aliphatic heterocycles. The minimum absolute atomic E-state index is 0.0312. The van der Waals surface area contributed by atoms with Gasteiger partial charge in [0.15, 0.2) is 11.5 Å². The summed E-state index contributed by atoms with van der Waals surface area (Å²) in [6.45, 7) is 3.58. The van der Waals surface area contributed by atoms with Crippen molar-refractivity contribution in [3.05, 3.63) is 83.7 Å². The van der Waals surface area contributed by atoms with Crippen LogP contribution in [0.25, 0.3) is 17.3 Å². The molecule has 0 bridgehead atoms. The zero-order valence-electron chi connectivity index (χ0n) is 16.8. The van der Waals surface area contributed by atoms with E-state index in [2.05, 4.69) is 25.0 Å². The van der Waals surface area contributed by atoms with Gasteiger partial charge in [-0.2, -0.15) is 18.3 Å². The van der Waals surface area contributed by atoms with Gasteiger partial charge in [0.05, 0.1) is 17.0 Å². The van der Waals surface area contributed by atoms with Crippen molar-refractivity contribution in [2.24, 2.45) is 0 Å². The number of benzene rings is 1. The second-order valence-corrected chi connectivity index (χ2v) is 7.40. The van der Waals surface area contributed by atoms with Crippen LogP contribution in [0.3, 0.4) is 0 Å². The van der Waals surface area contributed by atoms with E-state index in [-0.39, 0.29) is 17.3 Å². The predicted molar refractivity (Wildman–Crippen MR) is 104 cm³/mol. The summed E-state index contributed by atoms with van der Waals surface area (Å²) in [6, 6.07) is 7.13. The van der Waals surface area contributed by atoms with Crippen molar-refractivity contribution in [1.82, 2.24) is 29.7 Å². The van der Waals surface area contributed by atoms with Crippen LogP contribution < -0.4 is 0 Å². The quantitative estimate of drug-likeness (QED) is 0.424. The maximum absolute atomic E-state index is 14.2. The van der Waals surface area contributed by atoms with Crippen LogP contribution in [0.1, 0.15) is 30.9 Å². The molecule has 0 fully saturated rings. The number of alkyl halides is 3. The van der Waals surface area contributed by atoms with Crippen LogP contribution >= 0.6 is 0 Å². The van der Waals surface area contributed by atoms with Crippen LogP contribution in [0.2, 0.25) is 0 Å². The van der Waals surface area contributed by atoms with E-state index >= 15 is 0 Å². The molecule has 3 heterocycles. The molecule has 0 aliphatic carbocycles. The van der Waals surface area contributed by atoms with Gasteiger partial charge in [-0.25, -0.2) is 33.4 Å². The fourth-order valence-electron chi connectivity index (χ4n) is 3.03. The SMILES string of the molecule is CC(C)(c1ccnc(-c2ccc(F)cc2F)n1)c1ccnc(-n2ccc(C(F)(F)F)n2)n1. The molecular weight excluding hydrogens is 431 g/mol. The van der Waals surface area contributed by atoms with E-state index in [1.807, 2.05) is 0 Å². The second kappa shape index (κ2) is 7.74. The standard InChI is InChI=1S/C21H15F5N6/c1-20(2,15-5-8-27-18(29-15)13-4-3-12(22)11-14(13)23)16-6-9-28-19(30-16)32-10-7-17(31-32)21(24,25)26/h3-11H,1-2H3. The molecule has 3 aromatic heterocycles. The Morgan fingerprint density at radius 1 is 0.812 bits per heavy atom. The van der Waals surface area contributed by atoms with Crippen molar-refractivity contribution in [1.29, 1.82) is 0 Å². The van der Waals surface area contributed by atoms with E-state index in [4.69, 9.17) is 0 Å². The Bertz CT molecular complexity index is 1280. The lowest BCUT2D eigenvalue weighted by atomic mass is 9.85.